The van der Waals surface area contributed by atoms with Gasteiger partial charge in [0.2, 0.25) is 0 Å². The largest absolute Gasteiger partial charge is 0.496 e. The summed E-state index contributed by atoms with van der Waals surface area (Å²) in [6, 6.07) is 5.63. The molecule has 0 atom stereocenters. The van der Waals surface area contributed by atoms with Crippen LogP contribution in [0.2, 0.25) is 0 Å². The number of anilines is 3. The third-order valence-electron chi connectivity index (χ3n) is 2.86. The van der Waals surface area contributed by atoms with E-state index in [0.29, 0.717) is 11.6 Å². The van der Waals surface area contributed by atoms with Gasteiger partial charge >= 0.3 is 0 Å². The van der Waals surface area contributed by atoms with Crippen LogP contribution in [0.4, 0.5) is 17.3 Å². The summed E-state index contributed by atoms with van der Waals surface area (Å²) in [4.78, 5) is 8.06. The first-order valence-electron chi connectivity index (χ1n) is 6.03. The predicted molar refractivity (Wildman–Crippen MR) is 77.0 cm³/mol. The van der Waals surface area contributed by atoms with E-state index in [0.717, 1.165) is 22.6 Å². The van der Waals surface area contributed by atoms with Gasteiger partial charge < -0.3 is 10.1 Å². The highest BCUT2D eigenvalue weighted by Gasteiger charge is 2.06. The van der Waals surface area contributed by atoms with Crippen LogP contribution in [0.15, 0.2) is 24.5 Å². The maximum absolute atomic E-state index is 8.58. The smallest absolute Gasteiger partial charge is 0.182 e. The van der Waals surface area contributed by atoms with Crippen LogP contribution in [0.3, 0.4) is 0 Å². The van der Waals surface area contributed by atoms with E-state index in [1.807, 2.05) is 32.2 Å². The lowest BCUT2D eigenvalue weighted by atomic mass is 10.1. The second-order valence-electron chi connectivity index (χ2n) is 4.29. The van der Waals surface area contributed by atoms with Gasteiger partial charge in [0.1, 0.15) is 23.7 Å². The molecule has 0 spiro atoms. The molecule has 2 rings (SSSR count). The van der Waals surface area contributed by atoms with Crippen molar-refractivity contribution >= 4 is 17.3 Å². The standard InChI is InChI=1S/C14H15N5O/c1-9-5-12(20-3)10(2)4-11(9)19-14-6-13(16-7-15)17-8-18-14/h4-6,8H,1-3H3,(H2,16,17,18,19). The van der Waals surface area contributed by atoms with E-state index in [1.54, 1.807) is 13.2 Å². The molecule has 0 saturated heterocycles. The first-order chi connectivity index (χ1) is 9.63. The molecule has 0 unspecified atom stereocenters. The van der Waals surface area contributed by atoms with Crippen LogP contribution in [0.1, 0.15) is 11.1 Å². The number of ether oxygens (including phenoxy) is 1. The van der Waals surface area contributed by atoms with Gasteiger partial charge in [-0.25, -0.2) is 9.97 Å². The molecule has 2 aromatic rings. The van der Waals surface area contributed by atoms with Crippen molar-refractivity contribution in [3.8, 4) is 11.9 Å². The van der Waals surface area contributed by atoms with Crippen LogP contribution in [-0.4, -0.2) is 17.1 Å². The van der Waals surface area contributed by atoms with Crippen molar-refractivity contribution in [3.05, 3.63) is 35.7 Å². The van der Waals surface area contributed by atoms with Crippen LogP contribution in [0.5, 0.6) is 5.75 Å². The van der Waals surface area contributed by atoms with Crippen molar-refractivity contribution in [1.29, 1.82) is 5.26 Å². The second-order valence-corrected chi connectivity index (χ2v) is 4.29. The maximum Gasteiger partial charge on any atom is 0.182 e. The van der Waals surface area contributed by atoms with E-state index in [2.05, 4.69) is 20.6 Å². The molecule has 0 radical (unpaired) electrons. The Hall–Kier alpha value is -2.81. The van der Waals surface area contributed by atoms with Gasteiger partial charge in [-0.05, 0) is 37.1 Å². The van der Waals surface area contributed by atoms with E-state index in [1.165, 1.54) is 6.33 Å². The molecule has 0 bridgehead atoms. The van der Waals surface area contributed by atoms with E-state index in [9.17, 15) is 0 Å². The number of benzene rings is 1. The number of nitrogens with zero attached hydrogens (tertiary/aromatic N) is 3. The zero-order chi connectivity index (χ0) is 14.5. The summed E-state index contributed by atoms with van der Waals surface area (Å²) in [7, 11) is 1.65. The van der Waals surface area contributed by atoms with Gasteiger partial charge in [-0.15, -0.1) is 0 Å². The number of aryl methyl sites for hydroxylation is 2. The molecule has 6 nitrogen and oxygen atoms in total. The summed E-state index contributed by atoms with van der Waals surface area (Å²) in [6.45, 7) is 3.96. The third-order valence-corrected chi connectivity index (χ3v) is 2.86. The number of rotatable bonds is 4. The highest BCUT2D eigenvalue weighted by atomic mass is 16.5. The molecular formula is C14H15N5O. The molecule has 1 aromatic heterocycles. The third kappa shape index (κ3) is 2.95. The zero-order valence-corrected chi connectivity index (χ0v) is 11.6. The molecule has 0 saturated carbocycles. The van der Waals surface area contributed by atoms with Gasteiger partial charge in [-0.2, -0.15) is 5.26 Å². The van der Waals surface area contributed by atoms with Crippen molar-refractivity contribution in [1.82, 2.24) is 9.97 Å². The number of aromatic nitrogens is 2. The van der Waals surface area contributed by atoms with Crippen molar-refractivity contribution in [3.63, 3.8) is 0 Å². The topological polar surface area (TPSA) is 82.9 Å². The fourth-order valence-corrected chi connectivity index (χ4v) is 1.83. The SMILES string of the molecule is COc1cc(C)c(Nc2cc(NC#N)ncn2)cc1C. The Morgan fingerprint density at radius 1 is 1.10 bits per heavy atom. The van der Waals surface area contributed by atoms with Crippen molar-refractivity contribution in [2.45, 2.75) is 13.8 Å². The molecule has 1 aromatic carbocycles. The molecule has 0 aliphatic heterocycles. The molecule has 0 amide bonds. The molecule has 20 heavy (non-hydrogen) atoms. The highest BCUT2D eigenvalue weighted by molar-refractivity contribution is 5.65. The lowest BCUT2D eigenvalue weighted by molar-refractivity contribution is 0.411. The summed E-state index contributed by atoms with van der Waals surface area (Å²) < 4.78 is 5.28. The monoisotopic (exact) mass is 269 g/mol. The predicted octanol–water partition coefficient (Wildman–Crippen LogP) is 2.74. The fourth-order valence-electron chi connectivity index (χ4n) is 1.83. The number of hydrogen-bond donors (Lipinski definition) is 2. The maximum atomic E-state index is 8.58. The number of methoxy groups -OCH3 is 1. The Morgan fingerprint density at radius 3 is 2.55 bits per heavy atom. The van der Waals surface area contributed by atoms with Crippen LogP contribution >= 0.6 is 0 Å². The first kappa shape index (κ1) is 13.6. The number of nitriles is 1. The number of nitrogens with one attached hydrogen (secondary N) is 2. The summed E-state index contributed by atoms with van der Waals surface area (Å²) in [6.07, 6.45) is 3.22. The second kappa shape index (κ2) is 5.89. The van der Waals surface area contributed by atoms with Gasteiger partial charge in [-0.1, -0.05) is 0 Å². The van der Waals surface area contributed by atoms with E-state index >= 15 is 0 Å². The Kier molecular flexibility index (Phi) is 4.01. The van der Waals surface area contributed by atoms with Crippen molar-refractivity contribution < 1.29 is 4.74 Å². The van der Waals surface area contributed by atoms with E-state index in [-0.39, 0.29) is 0 Å². The highest BCUT2D eigenvalue weighted by Crippen LogP contribution is 2.28. The van der Waals surface area contributed by atoms with Crippen LogP contribution < -0.4 is 15.4 Å². The van der Waals surface area contributed by atoms with Crippen molar-refractivity contribution in [2.75, 3.05) is 17.7 Å². The molecule has 0 aliphatic carbocycles. The quantitative estimate of drug-likeness (QED) is 0.656. The lowest BCUT2D eigenvalue weighted by Crippen LogP contribution is -2.00. The van der Waals surface area contributed by atoms with Gasteiger partial charge in [-0.3, -0.25) is 5.32 Å². The first-order valence-corrected chi connectivity index (χ1v) is 6.03. The van der Waals surface area contributed by atoms with Crippen LogP contribution in [0, 0.1) is 25.3 Å². The lowest BCUT2D eigenvalue weighted by Gasteiger charge is -2.13. The fraction of sp³-hybridized carbons (Fsp3) is 0.214. The Labute approximate surface area is 117 Å². The van der Waals surface area contributed by atoms with Crippen LogP contribution in [0.25, 0.3) is 0 Å². The Bertz CT molecular complexity index is 663. The summed E-state index contributed by atoms with van der Waals surface area (Å²) in [5.41, 5.74) is 3.01. The van der Waals surface area contributed by atoms with Gasteiger partial charge in [0, 0.05) is 11.8 Å². The Balaban J connectivity index is 2.28. The minimum atomic E-state index is 0.452. The molecular weight excluding hydrogens is 254 g/mol. The van der Waals surface area contributed by atoms with E-state index in [4.69, 9.17) is 10.00 Å². The van der Waals surface area contributed by atoms with Crippen LogP contribution in [-0.2, 0) is 0 Å². The van der Waals surface area contributed by atoms with Gasteiger partial charge in [0.05, 0.1) is 7.11 Å². The molecule has 0 aliphatic rings. The minimum Gasteiger partial charge on any atom is -0.496 e. The van der Waals surface area contributed by atoms with Gasteiger partial charge in [0.15, 0.2) is 6.19 Å². The molecule has 0 fully saturated rings. The minimum absolute atomic E-state index is 0.452. The summed E-state index contributed by atoms with van der Waals surface area (Å²) >= 11 is 0. The van der Waals surface area contributed by atoms with Crippen molar-refractivity contribution in [2.24, 2.45) is 0 Å². The average Bonchev–Trinajstić information content (AvgIpc) is 2.43. The summed E-state index contributed by atoms with van der Waals surface area (Å²) in [5.74, 6) is 1.92. The molecule has 6 heteroatoms. The van der Waals surface area contributed by atoms with Gasteiger partial charge in [0.25, 0.3) is 0 Å². The molecule has 2 N–H and O–H groups in total. The zero-order valence-electron chi connectivity index (χ0n) is 11.6. The Morgan fingerprint density at radius 2 is 1.85 bits per heavy atom. The molecule has 102 valence electrons. The van der Waals surface area contributed by atoms with E-state index < -0.39 is 0 Å². The normalized spacial score (nSPS) is 9.70. The number of hydrogen-bond acceptors (Lipinski definition) is 6. The molecule has 1 heterocycles. The average molecular weight is 269 g/mol. The summed E-state index contributed by atoms with van der Waals surface area (Å²) in [5, 5.41) is 14.3.